The van der Waals surface area contributed by atoms with Gasteiger partial charge in [0.25, 0.3) is 0 Å². The number of aromatic nitrogens is 1. The van der Waals surface area contributed by atoms with Crippen LogP contribution in [0, 0.1) is 13.8 Å². The zero-order chi connectivity index (χ0) is 13.1. The van der Waals surface area contributed by atoms with Gasteiger partial charge in [0.05, 0.1) is 17.2 Å². The van der Waals surface area contributed by atoms with E-state index in [9.17, 15) is 4.79 Å². The molecule has 0 N–H and O–H groups in total. The standard InChI is InChI=1S/C14H15NO2S/c1-4-17-12-6-5-11(7-9(12)2)14-15-10(3)13(8-16)18-14/h5-8H,4H2,1-3H3. The van der Waals surface area contributed by atoms with Crippen molar-refractivity contribution < 1.29 is 9.53 Å². The molecule has 94 valence electrons. The molecular formula is C14H15NO2S. The van der Waals surface area contributed by atoms with Crippen LogP contribution in [0.5, 0.6) is 5.75 Å². The Labute approximate surface area is 110 Å². The molecule has 0 radical (unpaired) electrons. The van der Waals surface area contributed by atoms with Gasteiger partial charge in [0, 0.05) is 5.56 Å². The summed E-state index contributed by atoms with van der Waals surface area (Å²) in [5.74, 6) is 0.894. The summed E-state index contributed by atoms with van der Waals surface area (Å²) >= 11 is 1.42. The lowest BCUT2D eigenvalue weighted by molar-refractivity contribution is 0.112. The fourth-order valence-corrected chi connectivity index (χ4v) is 2.62. The third-order valence-electron chi connectivity index (χ3n) is 2.66. The molecule has 0 aliphatic carbocycles. The number of aldehydes is 1. The van der Waals surface area contributed by atoms with Gasteiger partial charge in [0.2, 0.25) is 0 Å². The molecule has 1 aromatic carbocycles. The van der Waals surface area contributed by atoms with Crippen LogP contribution in [0.3, 0.4) is 0 Å². The fourth-order valence-electron chi connectivity index (χ4n) is 1.74. The van der Waals surface area contributed by atoms with Crippen molar-refractivity contribution in [2.75, 3.05) is 6.61 Å². The van der Waals surface area contributed by atoms with E-state index in [2.05, 4.69) is 4.98 Å². The molecule has 0 aliphatic rings. The van der Waals surface area contributed by atoms with Crippen LogP contribution in [0.4, 0.5) is 0 Å². The van der Waals surface area contributed by atoms with Crippen molar-refractivity contribution >= 4 is 17.6 Å². The fraction of sp³-hybridized carbons (Fsp3) is 0.286. The summed E-state index contributed by atoms with van der Waals surface area (Å²) in [6, 6.07) is 5.97. The number of ether oxygens (including phenoxy) is 1. The molecule has 0 amide bonds. The van der Waals surface area contributed by atoms with Crippen molar-refractivity contribution in [3.8, 4) is 16.3 Å². The Morgan fingerprint density at radius 3 is 2.72 bits per heavy atom. The molecule has 18 heavy (non-hydrogen) atoms. The van der Waals surface area contributed by atoms with Crippen molar-refractivity contribution in [3.05, 3.63) is 34.3 Å². The van der Waals surface area contributed by atoms with Crippen LogP contribution in [0.25, 0.3) is 10.6 Å². The molecule has 2 rings (SSSR count). The Morgan fingerprint density at radius 1 is 1.39 bits per heavy atom. The smallest absolute Gasteiger partial charge is 0.161 e. The van der Waals surface area contributed by atoms with Crippen LogP contribution in [0.1, 0.15) is 27.9 Å². The summed E-state index contributed by atoms with van der Waals surface area (Å²) in [6.45, 7) is 6.49. The highest BCUT2D eigenvalue weighted by molar-refractivity contribution is 7.16. The van der Waals surface area contributed by atoms with E-state index in [1.54, 1.807) is 0 Å². The zero-order valence-electron chi connectivity index (χ0n) is 10.7. The molecule has 0 saturated carbocycles. The van der Waals surface area contributed by atoms with Crippen LogP contribution in [-0.2, 0) is 0 Å². The number of nitrogens with zero attached hydrogens (tertiary/aromatic N) is 1. The Kier molecular flexibility index (Phi) is 3.77. The van der Waals surface area contributed by atoms with Gasteiger partial charge in [-0.05, 0) is 44.5 Å². The number of aryl methyl sites for hydroxylation is 2. The lowest BCUT2D eigenvalue weighted by Gasteiger charge is -2.07. The zero-order valence-corrected chi connectivity index (χ0v) is 11.5. The van der Waals surface area contributed by atoms with E-state index in [1.165, 1.54) is 11.3 Å². The summed E-state index contributed by atoms with van der Waals surface area (Å²) in [4.78, 5) is 15.9. The predicted octanol–water partition coefficient (Wildman–Crippen LogP) is 3.64. The number of carbonyl (C=O) groups is 1. The first-order chi connectivity index (χ1) is 8.65. The molecule has 0 unspecified atom stereocenters. The average molecular weight is 261 g/mol. The molecule has 4 heteroatoms. The molecule has 2 aromatic rings. The SMILES string of the molecule is CCOc1ccc(-c2nc(C)c(C=O)s2)cc1C. The highest BCUT2D eigenvalue weighted by atomic mass is 32.1. The van der Waals surface area contributed by atoms with Gasteiger partial charge in [-0.25, -0.2) is 4.98 Å². The molecule has 1 heterocycles. The number of hydrogen-bond acceptors (Lipinski definition) is 4. The van der Waals surface area contributed by atoms with E-state index in [0.29, 0.717) is 11.5 Å². The quantitative estimate of drug-likeness (QED) is 0.789. The number of hydrogen-bond donors (Lipinski definition) is 0. The highest BCUT2D eigenvalue weighted by Crippen LogP contribution is 2.30. The van der Waals surface area contributed by atoms with Gasteiger partial charge in [-0.2, -0.15) is 0 Å². The number of benzene rings is 1. The molecule has 0 aliphatic heterocycles. The van der Waals surface area contributed by atoms with Gasteiger partial charge in [0.1, 0.15) is 10.8 Å². The van der Waals surface area contributed by atoms with Crippen LogP contribution in [0.2, 0.25) is 0 Å². The van der Waals surface area contributed by atoms with Crippen molar-refractivity contribution in [3.63, 3.8) is 0 Å². The lowest BCUT2D eigenvalue weighted by atomic mass is 10.1. The molecule has 0 fully saturated rings. The maximum Gasteiger partial charge on any atom is 0.161 e. The minimum atomic E-state index is 0.659. The van der Waals surface area contributed by atoms with E-state index >= 15 is 0 Å². The molecule has 0 atom stereocenters. The summed E-state index contributed by atoms with van der Waals surface area (Å²) in [5.41, 5.74) is 2.89. The molecule has 0 bridgehead atoms. The van der Waals surface area contributed by atoms with Gasteiger partial charge in [0.15, 0.2) is 6.29 Å². The Hall–Kier alpha value is -1.68. The molecule has 1 aromatic heterocycles. The molecular weight excluding hydrogens is 246 g/mol. The molecule has 0 spiro atoms. The van der Waals surface area contributed by atoms with Gasteiger partial charge in [-0.3, -0.25) is 4.79 Å². The van der Waals surface area contributed by atoms with E-state index in [1.807, 2.05) is 39.0 Å². The normalized spacial score (nSPS) is 10.4. The summed E-state index contributed by atoms with van der Waals surface area (Å²) in [6.07, 6.45) is 0.859. The molecule has 0 saturated heterocycles. The number of rotatable bonds is 4. The third-order valence-corrected chi connectivity index (χ3v) is 3.79. The van der Waals surface area contributed by atoms with Crippen LogP contribution in [-0.4, -0.2) is 17.9 Å². The minimum Gasteiger partial charge on any atom is -0.494 e. The Bertz CT molecular complexity index is 575. The maximum absolute atomic E-state index is 10.8. The van der Waals surface area contributed by atoms with E-state index in [-0.39, 0.29) is 0 Å². The predicted molar refractivity (Wildman–Crippen MR) is 73.6 cm³/mol. The minimum absolute atomic E-state index is 0.659. The van der Waals surface area contributed by atoms with Gasteiger partial charge in [-0.15, -0.1) is 11.3 Å². The van der Waals surface area contributed by atoms with Gasteiger partial charge in [-0.1, -0.05) is 0 Å². The van der Waals surface area contributed by atoms with Crippen LogP contribution < -0.4 is 4.74 Å². The summed E-state index contributed by atoms with van der Waals surface area (Å²) in [5, 5.41) is 0.876. The second-order valence-corrected chi connectivity index (χ2v) is 5.03. The van der Waals surface area contributed by atoms with E-state index < -0.39 is 0 Å². The van der Waals surface area contributed by atoms with Gasteiger partial charge < -0.3 is 4.74 Å². The van der Waals surface area contributed by atoms with Crippen LogP contribution >= 0.6 is 11.3 Å². The number of carbonyl (C=O) groups excluding carboxylic acids is 1. The largest absolute Gasteiger partial charge is 0.494 e. The van der Waals surface area contributed by atoms with Crippen molar-refractivity contribution in [1.82, 2.24) is 4.98 Å². The summed E-state index contributed by atoms with van der Waals surface area (Å²) in [7, 11) is 0. The highest BCUT2D eigenvalue weighted by Gasteiger charge is 2.10. The first kappa shape index (κ1) is 12.8. The second kappa shape index (κ2) is 5.31. The first-order valence-electron chi connectivity index (χ1n) is 5.82. The van der Waals surface area contributed by atoms with Gasteiger partial charge >= 0.3 is 0 Å². The third kappa shape index (κ3) is 2.43. The first-order valence-corrected chi connectivity index (χ1v) is 6.63. The lowest BCUT2D eigenvalue weighted by Crippen LogP contribution is -1.93. The average Bonchev–Trinajstić information content (AvgIpc) is 2.73. The molecule has 3 nitrogen and oxygen atoms in total. The summed E-state index contributed by atoms with van der Waals surface area (Å²) < 4.78 is 5.50. The Morgan fingerprint density at radius 2 is 2.17 bits per heavy atom. The maximum atomic E-state index is 10.8. The topological polar surface area (TPSA) is 39.2 Å². The van der Waals surface area contributed by atoms with E-state index in [4.69, 9.17) is 4.74 Å². The van der Waals surface area contributed by atoms with Crippen molar-refractivity contribution in [1.29, 1.82) is 0 Å². The van der Waals surface area contributed by atoms with E-state index in [0.717, 1.165) is 33.9 Å². The number of thiazole rings is 1. The second-order valence-electron chi connectivity index (χ2n) is 4.00. The monoisotopic (exact) mass is 261 g/mol. The van der Waals surface area contributed by atoms with Crippen molar-refractivity contribution in [2.45, 2.75) is 20.8 Å². The Balaban J connectivity index is 2.38. The van der Waals surface area contributed by atoms with Crippen molar-refractivity contribution in [2.24, 2.45) is 0 Å². The van der Waals surface area contributed by atoms with Crippen LogP contribution in [0.15, 0.2) is 18.2 Å².